The number of nitrogens with zero attached hydrogens (tertiary/aromatic N) is 1. The first-order chi connectivity index (χ1) is 14.5. The number of hydrogen-bond acceptors (Lipinski definition) is 7. The van der Waals surface area contributed by atoms with Gasteiger partial charge < -0.3 is 14.9 Å². The van der Waals surface area contributed by atoms with Crippen molar-refractivity contribution in [2.24, 2.45) is 0 Å². The van der Waals surface area contributed by atoms with Crippen LogP contribution >= 0.6 is 11.8 Å². The Labute approximate surface area is 177 Å². The van der Waals surface area contributed by atoms with Gasteiger partial charge in [0.05, 0.1) is 0 Å². The monoisotopic (exact) mass is 428 g/mol. The molecule has 1 N–H and O–H groups in total. The molecule has 8 nitrogen and oxygen atoms in total. The minimum absolute atomic E-state index is 0.0118. The molecule has 30 heavy (non-hydrogen) atoms. The Hall–Kier alpha value is -3.33. The van der Waals surface area contributed by atoms with E-state index in [0.29, 0.717) is 5.06 Å². The molecule has 0 aliphatic carbocycles. The van der Waals surface area contributed by atoms with Crippen molar-refractivity contribution < 1.29 is 28.8 Å². The average Bonchev–Trinajstić information content (AvgIpc) is 3.08. The molecule has 1 saturated heterocycles. The summed E-state index contributed by atoms with van der Waals surface area (Å²) in [6.07, 6.45) is -0.835. The van der Waals surface area contributed by atoms with Crippen LogP contribution in [-0.4, -0.2) is 40.7 Å². The molecule has 1 aliphatic heterocycles. The van der Waals surface area contributed by atoms with Gasteiger partial charge >= 0.3 is 12.1 Å². The quantitative estimate of drug-likeness (QED) is 0.509. The van der Waals surface area contributed by atoms with E-state index < -0.39 is 29.9 Å². The largest absolute Gasteiger partial charge is 0.445 e. The van der Waals surface area contributed by atoms with Gasteiger partial charge in [-0.1, -0.05) is 48.5 Å². The van der Waals surface area contributed by atoms with Gasteiger partial charge in [0.15, 0.2) is 0 Å². The summed E-state index contributed by atoms with van der Waals surface area (Å²) in [5.74, 6) is -1.97. The lowest BCUT2D eigenvalue weighted by Gasteiger charge is -2.20. The van der Waals surface area contributed by atoms with E-state index in [1.807, 2.05) is 48.5 Å². The van der Waals surface area contributed by atoms with Crippen LogP contribution in [0, 0.1) is 0 Å². The molecule has 9 heteroatoms. The van der Waals surface area contributed by atoms with Crippen LogP contribution in [-0.2, 0) is 30.6 Å². The van der Waals surface area contributed by atoms with Crippen molar-refractivity contribution >= 4 is 35.6 Å². The third-order valence-corrected chi connectivity index (χ3v) is 5.24. The lowest BCUT2D eigenvalue weighted by Crippen LogP contribution is -2.47. The highest BCUT2D eigenvalue weighted by Crippen LogP contribution is 2.19. The lowest BCUT2D eigenvalue weighted by atomic mass is 10.2. The first-order valence-corrected chi connectivity index (χ1v) is 10.2. The number of rotatable bonds is 8. The van der Waals surface area contributed by atoms with Gasteiger partial charge in [0.25, 0.3) is 11.8 Å². The fourth-order valence-corrected chi connectivity index (χ4v) is 3.51. The summed E-state index contributed by atoms with van der Waals surface area (Å²) < 4.78 is 5.16. The minimum Gasteiger partial charge on any atom is -0.445 e. The highest BCUT2D eigenvalue weighted by molar-refractivity contribution is 7.99. The maximum absolute atomic E-state index is 12.6. The summed E-state index contributed by atoms with van der Waals surface area (Å²) in [6.45, 7) is 0.0311. The van der Waals surface area contributed by atoms with Gasteiger partial charge in [-0.25, -0.2) is 9.59 Å². The highest BCUT2D eigenvalue weighted by Gasteiger charge is 2.35. The molecule has 1 fully saturated rings. The Morgan fingerprint density at radius 2 is 1.57 bits per heavy atom. The van der Waals surface area contributed by atoms with Crippen molar-refractivity contribution in [2.45, 2.75) is 30.4 Å². The zero-order chi connectivity index (χ0) is 21.3. The highest BCUT2D eigenvalue weighted by atomic mass is 32.2. The van der Waals surface area contributed by atoms with E-state index in [1.165, 1.54) is 11.8 Å². The number of imide groups is 1. The first-order valence-electron chi connectivity index (χ1n) is 9.25. The summed E-state index contributed by atoms with van der Waals surface area (Å²) in [4.78, 5) is 54.0. The molecule has 0 radical (unpaired) electrons. The van der Waals surface area contributed by atoms with Crippen molar-refractivity contribution in [3.63, 3.8) is 0 Å². The van der Waals surface area contributed by atoms with Crippen LogP contribution in [0.4, 0.5) is 4.79 Å². The Kier molecular flexibility index (Phi) is 7.45. The SMILES string of the molecule is O=C(NC(CSc1ccccc1)C(=O)ON1C(=O)CCC1=O)OCc1ccccc1. The number of carbonyl (C=O) groups is 4. The van der Waals surface area contributed by atoms with E-state index in [0.717, 1.165) is 10.5 Å². The molecule has 3 amide bonds. The molecular formula is C21H20N2O6S. The molecule has 2 aromatic rings. The number of ether oxygens (including phenoxy) is 1. The van der Waals surface area contributed by atoms with Gasteiger partial charge in [-0.3, -0.25) is 9.59 Å². The topological polar surface area (TPSA) is 102 Å². The fraction of sp³-hybridized carbons (Fsp3) is 0.238. The van der Waals surface area contributed by atoms with Crippen LogP contribution in [0.1, 0.15) is 18.4 Å². The summed E-state index contributed by atoms with van der Waals surface area (Å²) in [7, 11) is 0. The second-order valence-electron chi connectivity index (χ2n) is 6.37. The molecule has 0 saturated carbocycles. The van der Waals surface area contributed by atoms with E-state index in [9.17, 15) is 19.2 Å². The van der Waals surface area contributed by atoms with Crippen molar-refractivity contribution in [2.75, 3.05) is 5.75 Å². The summed E-state index contributed by atoms with van der Waals surface area (Å²) in [5, 5.41) is 2.91. The number of thioether (sulfide) groups is 1. The molecule has 0 aromatic heterocycles. The van der Waals surface area contributed by atoms with Crippen LogP contribution in [0.3, 0.4) is 0 Å². The second kappa shape index (κ2) is 10.4. The van der Waals surface area contributed by atoms with E-state index >= 15 is 0 Å². The predicted octanol–water partition coefficient (Wildman–Crippen LogP) is 2.68. The van der Waals surface area contributed by atoms with E-state index in [2.05, 4.69) is 5.32 Å². The normalized spacial score (nSPS) is 14.3. The second-order valence-corrected chi connectivity index (χ2v) is 7.47. The number of benzene rings is 2. The minimum atomic E-state index is -1.13. The van der Waals surface area contributed by atoms with Gasteiger partial charge in [0, 0.05) is 23.5 Å². The Morgan fingerprint density at radius 3 is 2.20 bits per heavy atom. The number of hydrogen-bond donors (Lipinski definition) is 1. The van der Waals surface area contributed by atoms with Crippen molar-refractivity contribution in [3.8, 4) is 0 Å². The average molecular weight is 428 g/mol. The van der Waals surface area contributed by atoms with Gasteiger partial charge in [-0.2, -0.15) is 0 Å². The van der Waals surface area contributed by atoms with Crippen LogP contribution in [0.5, 0.6) is 0 Å². The van der Waals surface area contributed by atoms with Crippen LogP contribution in [0.2, 0.25) is 0 Å². The van der Waals surface area contributed by atoms with E-state index in [1.54, 1.807) is 12.1 Å². The molecule has 0 spiro atoms. The number of carbonyl (C=O) groups excluding carboxylic acids is 4. The fourth-order valence-electron chi connectivity index (χ4n) is 2.58. The van der Waals surface area contributed by atoms with Gasteiger partial charge in [0.1, 0.15) is 12.6 Å². The van der Waals surface area contributed by atoms with Crippen LogP contribution < -0.4 is 5.32 Å². The van der Waals surface area contributed by atoms with Crippen LogP contribution in [0.25, 0.3) is 0 Å². The maximum atomic E-state index is 12.6. The Morgan fingerprint density at radius 1 is 0.967 bits per heavy atom. The smallest absolute Gasteiger partial charge is 0.408 e. The van der Waals surface area contributed by atoms with Gasteiger partial charge in [-0.15, -0.1) is 16.8 Å². The summed E-state index contributed by atoms with van der Waals surface area (Å²) >= 11 is 1.31. The third-order valence-electron chi connectivity index (χ3n) is 4.14. The predicted molar refractivity (Wildman–Crippen MR) is 108 cm³/mol. The molecule has 1 atom stereocenters. The maximum Gasteiger partial charge on any atom is 0.408 e. The Bertz CT molecular complexity index is 890. The third kappa shape index (κ3) is 6.08. The van der Waals surface area contributed by atoms with Gasteiger partial charge in [-0.05, 0) is 17.7 Å². The summed E-state index contributed by atoms with van der Waals surface area (Å²) in [6, 6.07) is 17.2. The molecular weight excluding hydrogens is 408 g/mol. The zero-order valence-corrected chi connectivity index (χ0v) is 16.8. The van der Waals surface area contributed by atoms with E-state index in [4.69, 9.17) is 9.57 Å². The number of amides is 3. The molecule has 3 rings (SSSR count). The molecule has 0 bridgehead atoms. The Balaban J connectivity index is 1.61. The van der Waals surface area contributed by atoms with Crippen molar-refractivity contribution in [3.05, 3.63) is 66.2 Å². The van der Waals surface area contributed by atoms with E-state index in [-0.39, 0.29) is 25.2 Å². The van der Waals surface area contributed by atoms with Crippen LogP contribution in [0.15, 0.2) is 65.6 Å². The zero-order valence-electron chi connectivity index (χ0n) is 16.0. The molecule has 156 valence electrons. The number of nitrogens with one attached hydrogen (secondary N) is 1. The molecule has 2 aromatic carbocycles. The van der Waals surface area contributed by atoms with Crippen molar-refractivity contribution in [1.82, 2.24) is 10.4 Å². The lowest BCUT2D eigenvalue weighted by molar-refractivity contribution is -0.198. The number of hydroxylamine groups is 2. The first kappa shape index (κ1) is 21.4. The standard InChI is InChI=1S/C21H20N2O6S/c24-18-11-12-19(25)23(18)29-20(26)17(14-30-16-9-5-2-6-10-16)22-21(27)28-13-15-7-3-1-4-8-15/h1-10,17H,11-14H2,(H,22,27). The van der Waals surface area contributed by atoms with Gasteiger partial charge in [0.2, 0.25) is 0 Å². The molecule has 1 heterocycles. The molecule has 1 unspecified atom stereocenters. The summed E-state index contributed by atoms with van der Waals surface area (Å²) in [5.41, 5.74) is 0.790. The van der Waals surface area contributed by atoms with Crippen molar-refractivity contribution in [1.29, 1.82) is 0 Å². The molecule has 1 aliphatic rings. The number of alkyl carbamates (subject to hydrolysis) is 1.